The number of carbonyl (C=O) groups excluding carboxylic acids is 5. The van der Waals surface area contributed by atoms with Gasteiger partial charge in [-0.15, -0.1) is 0 Å². The number of carbonyl (C=O) groups is 5. The predicted molar refractivity (Wildman–Crippen MR) is 219 cm³/mol. The number of guanidine groups is 1. The Kier molecular flexibility index (Phi) is 19.1. The minimum Gasteiger partial charge on any atom is -0.508 e. The van der Waals surface area contributed by atoms with Gasteiger partial charge in [-0.3, -0.25) is 19.2 Å². The van der Waals surface area contributed by atoms with Gasteiger partial charge >= 0.3 is 6.09 Å². The molecule has 318 valence electrons. The van der Waals surface area contributed by atoms with E-state index in [-0.39, 0.29) is 57.6 Å². The summed E-state index contributed by atoms with van der Waals surface area (Å²) in [6, 6.07) is 16.4. The number of rotatable bonds is 23. The van der Waals surface area contributed by atoms with Gasteiger partial charge in [-0.2, -0.15) is 0 Å². The molecule has 0 fully saturated rings. The third-order valence-corrected chi connectivity index (χ3v) is 9.19. The lowest BCUT2D eigenvalue weighted by Gasteiger charge is -2.26. The van der Waals surface area contributed by atoms with Crippen molar-refractivity contribution in [2.75, 3.05) is 13.1 Å². The van der Waals surface area contributed by atoms with Crippen LogP contribution in [0.5, 0.6) is 5.75 Å². The van der Waals surface area contributed by atoms with Gasteiger partial charge in [0.25, 0.3) is 5.96 Å². The van der Waals surface area contributed by atoms with E-state index in [9.17, 15) is 39.2 Å². The van der Waals surface area contributed by atoms with E-state index in [4.69, 9.17) is 21.9 Å². The number of aliphatic imine (C=N–C) groups is 1. The van der Waals surface area contributed by atoms with Crippen LogP contribution in [-0.2, 0) is 43.4 Å². The van der Waals surface area contributed by atoms with E-state index in [1.165, 1.54) is 0 Å². The molecule has 3 aromatic carbocycles. The zero-order valence-corrected chi connectivity index (χ0v) is 33.1. The highest BCUT2D eigenvalue weighted by Gasteiger charge is 2.30. The van der Waals surface area contributed by atoms with E-state index >= 15 is 0 Å². The SMILES string of the molecule is Cc1cc(O)cc(C)c1C[C@H](N)C(=O)N[C@H](CCCN=C(N)N[N+](=O)[O-])C(=O)N[C@@H](Cc1ccccc1)C(=O)N[C@@H](CCCCNC(=O)OCc1ccccc1)C(N)=O. The van der Waals surface area contributed by atoms with Crippen LogP contribution < -0.4 is 43.9 Å². The number of amides is 5. The summed E-state index contributed by atoms with van der Waals surface area (Å²) in [5.74, 6) is -3.33. The topological polar surface area (TPSA) is 309 Å². The average molecular weight is 819 g/mol. The Bertz CT molecular complexity index is 1890. The summed E-state index contributed by atoms with van der Waals surface area (Å²) in [5.41, 5.74) is 22.9. The van der Waals surface area contributed by atoms with Crippen LogP contribution in [0.3, 0.4) is 0 Å². The zero-order chi connectivity index (χ0) is 43.3. The monoisotopic (exact) mass is 818 g/mol. The molecule has 0 aliphatic carbocycles. The molecule has 3 rings (SSSR count). The van der Waals surface area contributed by atoms with Crippen LogP contribution in [0.25, 0.3) is 0 Å². The van der Waals surface area contributed by atoms with Crippen molar-refractivity contribution in [2.45, 2.75) is 89.6 Å². The molecule has 0 heterocycles. The Hall–Kier alpha value is -6.76. The molecule has 0 aromatic heterocycles. The fourth-order valence-corrected chi connectivity index (χ4v) is 6.10. The second kappa shape index (κ2) is 24.1. The maximum Gasteiger partial charge on any atom is 0.407 e. The molecule has 0 saturated heterocycles. The number of primary amides is 1. The van der Waals surface area contributed by atoms with Gasteiger partial charge in [-0.25, -0.2) is 19.9 Å². The third kappa shape index (κ3) is 17.1. The highest BCUT2D eigenvalue weighted by Crippen LogP contribution is 2.22. The van der Waals surface area contributed by atoms with E-state index in [2.05, 4.69) is 26.3 Å². The van der Waals surface area contributed by atoms with Crippen molar-refractivity contribution in [2.24, 2.45) is 22.2 Å². The number of ether oxygens (including phenoxy) is 1. The first kappa shape index (κ1) is 46.6. The zero-order valence-electron chi connectivity index (χ0n) is 33.1. The Morgan fingerprint density at radius 2 is 1.34 bits per heavy atom. The highest BCUT2D eigenvalue weighted by molar-refractivity contribution is 5.94. The molecule has 4 atom stereocenters. The molecule has 3 aromatic rings. The van der Waals surface area contributed by atoms with Crippen LogP contribution in [0.15, 0.2) is 77.8 Å². The number of hydrazine groups is 1. The molecule has 19 heteroatoms. The third-order valence-electron chi connectivity index (χ3n) is 9.19. The lowest BCUT2D eigenvalue weighted by atomic mass is 9.95. The van der Waals surface area contributed by atoms with Crippen molar-refractivity contribution >= 4 is 35.7 Å². The number of unbranched alkanes of at least 4 members (excludes halogenated alkanes) is 1. The van der Waals surface area contributed by atoms with Gasteiger partial charge in [0, 0.05) is 19.5 Å². The number of benzene rings is 3. The smallest absolute Gasteiger partial charge is 0.407 e. The number of aryl methyl sites for hydroxylation is 2. The minimum atomic E-state index is -1.25. The molecule has 5 amide bonds. The molecule has 0 aliphatic rings. The van der Waals surface area contributed by atoms with Gasteiger partial charge in [-0.05, 0) is 92.3 Å². The summed E-state index contributed by atoms with van der Waals surface area (Å²) < 4.78 is 5.20. The van der Waals surface area contributed by atoms with Crippen molar-refractivity contribution in [3.63, 3.8) is 0 Å². The number of nitrogens with two attached hydrogens (primary N) is 3. The highest BCUT2D eigenvalue weighted by atomic mass is 16.7. The number of aromatic hydroxyl groups is 1. The van der Waals surface area contributed by atoms with E-state index in [1.54, 1.807) is 61.7 Å². The average Bonchev–Trinajstić information content (AvgIpc) is 3.18. The summed E-state index contributed by atoms with van der Waals surface area (Å²) >= 11 is 0. The standard InChI is InChI=1S/C40H54N10O9/c1-25-20-29(51)21-26(2)30(25)23-31(41)36(53)47-33(17-11-19-44-39(43)49-50(57)58)37(54)48-34(22-27-12-5-3-6-13-27)38(55)46-32(35(42)52)16-9-10-18-45-40(56)59-24-28-14-7-4-8-15-28/h3-8,12-15,20-21,31-34,51H,9-11,16-19,22-24,41H2,1-2H3,(H2,42,52)(H,45,56)(H,46,55)(H,47,53)(H,48,54)(H3,43,44,49)/t31-,32-,33+,34-/m0/s1. The van der Waals surface area contributed by atoms with Gasteiger partial charge in [0.2, 0.25) is 23.6 Å². The lowest BCUT2D eigenvalue weighted by Crippen LogP contribution is -2.58. The molecular weight excluding hydrogens is 765 g/mol. The molecule has 0 bridgehead atoms. The summed E-state index contributed by atoms with van der Waals surface area (Å²) in [4.78, 5) is 80.3. The van der Waals surface area contributed by atoms with Gasteiger partial charge in [0.05, 0.1) is 6.04 Å². The van der Waals surface area contributed by atoms with Crippen molar-refractivity contribution in [1.29, 1.82) is 0 Å². The number of hydrogen-bond acceptors (Lipinski definition) is 11. The molecule has 0 spiro atoms. The van der Waals surface area contributed by atoms with Crippen molar-refractivity contribution in [1.82, 2.24) is 26.7 Å². The molecule has 12 N–H and O–H groups in total. The second-order valence-electron chi connectivity index (χ2n) is 13.9. The van der Waals surface area contributed by atoms with Crippen LogP contribution in [0.4, 0.5) is 4.79 Å². The van der Waals surface area contributed by atoms with E-state index in [0.29, 0.717) is 18.4 Å². The summed E-state index contributed by atoms with van der Waals surface area (Å²) in [6.45, 7) is 3.84. The van der Waals surface area contributed by atoms with Gasteiger partial charge in [-0.1, -0.05) is 66.1 Å². The van der Waals surface area contributed by atoms with Gasteiger partial charge < -0.3 is 48.3 Å². The molecule has 59 heavy (non-hydrogen) atoms. The number of phenolic OH excluding ortho intramolecular Hbond substituents is 1. The van der Waals surface area contributed by atoms with Gasteiger partial charge in [0.1, 0.15) is 30.5 Å². The molecular formula is C40H54N10O9. The Balaban J connectivity index is 1.70. The van der Waals surface area contributed by atoms with E-state index < -0.39 is 64.9 Å². The van der Waals surface area contributed by atoms with Crippen LogP contribution in [0.2, 0.25) is 0 Å². The Morgan fingerprint density at radius 1 is 0.780 bits per heavy atom. The minimum absolute atomic E-state index is 0.00583. The summed E-state index contributed by atoms with van der Waals surface area (Å²) in [5, 5.41) is 30.4. The lowest BCUT2D eigenvalue weighted by molar-refractivity contribution is -0.525. The maximum atomic E-state index is 14.0. The molecule has 19 nitrogen and oxygen atoms in total. The number of nitro groups is 1. The largest absolute Gasteiger partial charge is 0.508 e. The van der Waals surface area contributed by atoms with E-state index in [0.717, 1.165) is 22.3 Å². The maximum absolute atomic E-state index is 14.0. The summed E-state index contributed by atoms with van der Waals surface area (Å²) in [6.07, 6.45) is 0.563. The number of nitrogens with zero attached hydrogens (tertiary/aromatic N) is 2. The molecule has 0 saturated carbocycles. The van der Waals surface area contributed by atoms with Crippen LogP contribution in [0.1, 0.15) is 59.9 Å². The van der Waals surface area contributed by atoms with E-state index in [1.807, 2.05) is 30.3 Å². The first-order valence-electron chi connectivity index (χ1n) is 19.1. The normalized spacial score (nSPS) is 13.2. The van der Waals surface area contributed by atoms with Crippen LogP contribution in [0, 0.1) is 24.0 Å². The molecule has 0 radical (unpaired) electrons. The molecule has 0 unspecified atom stereocenters. The molecule has 0 aliphatic heterocycles. The Labute approximate surface area is 342 Å². The van der Waals surface area contributed by atoms with Crippen LogP contribution in [-0.4, -0.2) is 83.1 Å². The van der Waals surface area contributed by atoms with Crippen molar-refractivity contribution in [3.05, 3.63) is 111 Å². The number of alkyl carbamates (subject to hydrolysis) is 1. The van der Waals surface area contributed by atoms with Crippen molar-refractivity contribution < 1.29 is 38.8 Å². The number of nitrogens with one attached hydrogen (secondary N) is 5. The predicted octanol–water partition coefficient (Wildman–Crippen LogP) is 1.03. The number of phenols is 1. The van der Waals surface area contributed by atoms with Crippen LogP contribution >= 0.6 is 0 Å². The quantitative estimate of drug-likeness (QED) is 0.0213. The van der Waals surface area contributed by atoms with Crippen molar-refractivity contribution in [3.8, 4) is 5.75 Å². The fourth-order valence-electron chi connectivity index (χ4n) is 6.10. The number of hydrogen-bond donors (Lipinski definition) is 9. The second-order valence-corrected chi connectivity index (χ2v) is 13.9. The Morgan fingerprint density at radius 3 is 1.95 bits per heavy atom. The first-order chi connectivity index (χ1) is 28.1. The first-order valence-corrected chi connectivity index (χ1v) is 19.1. The summed E-state index contributed by atoms with van der Waals surface area (Å²) in [7, 11) is 0. The van der Waals surface area contributed by atoms with Gasteiger partial charge in [0.15, 0.2) is 5.03 Å². The fraction of sp³-hybridized carbons (Fsp3) is 0.400.